The highest BCUT2D eigenvalue weighted by atomic mass is 16.3. The Kier molecular flexibility index (Phi) is 3.93. The molecular weight excluding hydrogens is 176 g/mol. The Bertz CT molecular complexity index is 180. The van der Waals surface area contributed by atoms with Crippen LogP contribution in [0.15, 0.2) is 0 Å². The van der Waals surface area contributed by atoms with E-state index in [0.29, 0.717) is 12.0 Å². The van der Waals surface area contributed by atoms with Gasteiger partial charge in [-0.05, 0) is 19.8 Å². The molecule has 0 saturated carbocycles. The summed E-state index contributed by atoms with van der Waals surface area (Å²) in [4.78, 5) is 2.37. The average molecular weight is 200 g/mol. The summed E-state index contributed by atoms with van der Waals surface area (Å²) < 4.78 is 0. The standard InChI is InChI=1S/C11H24N2O/c1-9(2)11(4,14)8-13-6-5-12-7-10(13)3/h9-10,12,14H,5-8H2,1-4H3. The van der Waals surface area contributed by atoms with Crippen LogP contribution < -0.4 is 5.32 Å². The van der Waals surface area contributed by atoms with Gasteiger partial charge >= 0.3 is 0 Å². The lowest BCUT2D eigenvalue weighted by Crippen LogP contribution is -2.55. The van der Waals surface area contributed by atoms with Crippen LogP contribution in [-0.2, 0) is 0 Å². The lowest BCUT2D eigenvalue weighted by atomic mass is 9.91. The van der Waals surface area contributed by atoms with E-state index in [9.17, 15) is 5.11 Å². The Morgan fingerprint density at radius 1 is 1.57 bits per heavy atom. The molecule has 1 fully saturated rings. The molecule has 1 rings (SSSR count). The van der Waals surface area contributed by atoms with Gasteiger partial charge in [-0.3, -0.25) is 4.90 Å². The normalized spacial score (nSPS) is 29.1. The van der Waals surface area contributed by atoms with Crippen molar-refractivity contribution in [3.05, 3.63) is 0 Å². The fourth-order valence-corrected chi connectivity index (χ4v) is 1.71. The van der Waals surface area contributed by atoms with Gasteiger partial charge < -0.3 is 10.4 Å². The summed E-state index contributed by atoms with van der Waals surface area (Å²) in [5, 5.41) is 13.6. The molecule has 1 saturated heterocycles. The van der Waals surface area contributed by atoms with E-state index in [4.69, 9.17) is 0 Å². The summed E-state index contributed by atoms with van der Waals surface area (Å²) in [6, 6.07) is 0.536. The van der Waals surface area contributed by atoms with Crippen LogP contribution in [-0.4, -0.2) is 47.8 Å². The second-order valence-corrected chi connectivity index (χ2v) is 5.04. The zero-order chi connectivity index (χ0) is 10.8. The van der Waals surface area contributed by atoms with E-state index in [0.717, 1.165) is 26.2 Å². The van der Waals surface area contributed by atoms with Crippen LogP contribution in [0, 0.1) is 5.92 Å². The summed E-state index contributed by atoms with van der Waals surface area (Å²) >= 11 is 0. The maximum Gasteiger partial charge on any atom is 0.0768 e. The summed E-state index contributed by atoms with van der Waals surface area (Å²) in [5.74, 6) is 0.310. The molecule has 0 aromatic carbocycles. The molecule has 0 spiro atoms. The molecule has 2 N–H and O–H groups in total. The van der Waals surface area contributed by atoms with Crippen molar-refractivity contribution in [2.45, 2.75) is 39.3 Å². The third-order valence-electron chi connectivity index (χ3n) is 3.41. The second-order valence-electron chi connectivity index (χ2n) is 5.04. The predicted octanol–water partition coefficient (Wildman–Crippen LogP) is 0.687. The molecule has 2 unspecified atom stereocenters. The molecule has 84 valence electrons. The number of nitrogens with zero attached hydrogens (tertiary/aromatic N) is 1. The van der Waals surface area contributed by atoms with Crippen molar-refractivity contribution >= 4 is 0 Å². The van der Waals surface area contributed by atoms with Crippen molar-refractivity contribution < 1.29 is 5.11 Å². The zero-order valence-electron chi connectivity index (χ0n) is 9.88. The van der Waals surface area contributed by atoms with E-state index in [-0.39, 0.29) is 0 Å². The molecule has 3 nitrogen and oxygen atoms in total. The monoisotopic (exact) mass is 200 g/mol. The van der Waals surface area contributed by atoms with Crippen molar-refractivity contribution in [3.63, 3.8) is 0 Å². The number of piperazine rings is 1. The number of rotatable bonds is 3. The van der Waals surface area contributed by atoms with Gasteiger partial charge in [0, 0.05) is 32.2 Å². The average Bonchev–Trinajstić information content (AvgIpc) is 2.08. The number of β-amino-alcohol motifs (C(OH)–C–C–N with tert-alkyl or cyclic N) is 1. The van der Waals surface area contributed by atoms with E-state index in [1.807, 2.05) is 6.92 Å². The Balaban J connectivity index is 2.49. The molecule has 0 amide bonds. The molecule has 0 aromatic rings. The zero-order valence-corrected chi connectivity index (χ0v) is 9.88. The lowest BCUT2D eigenvalue weighted by molar-refractivity contribution is -0.0312. The molecular formula is C11H24N2O. The second kappa shape index (κ2) is 4.60. The molecule has 1 aliphatic heterocycles. The van der Waals surface area contributed by atoms with Crippen LogP contribution in [0.4, 0.5) is 0 Å². The highest BCUT2D eigenvalue weighted by molar-refractivity contribution is 4.85. The van der Waals surface area contributed by atoms with Crippen molar-refractivity contribution in [1.29, 1.82) is 0 Å². The number of hydrogen-bond donors (Lipinski definition) is 2. The summed E-state index contributed by atoms with van der Waals surface area (Å²) in [6.07, 6.45) is 0. The minimum absolute atomic E-state index is 0.310. The molecule has 0 aliphatic carbocycles. The van der Waals surface area contributed by atoms with Gasteiger partial charge in [0.05, 0.1) is 5.60 Å². The van der Waals surface area contributed by atoms with Gasteiger partial charge in [-0.25, -0.2) is 0 Å². The number of aliphatic hydroxyl groups is 1. The van der Waals surface area contributed by atoms with Crippen LogP contribution in [0.25, 0.3) is 0 Å². The van der Waals surface area contributed by atoms with Crippen LogP contribution >= 0.6 is 0 Å². The Morgan fingerprint density at radius 2 is 2.21 bits per heavy atom. The first-order chi connectivity index (χ1) is 6.43. The van der Waals surface area contributed by atoms with Gasteiger partial charge in [0.2, 0.25) is 0 Å². The Hall–Kier alpha value is -0.120. The van der Waals surface area contributed by atoms with Crippen LogP contribution in [0.1, 0.15) is 27.7 Å². The molecule has 2 atom stereocenters. The van der Waals surface area contributed by atoms with Crippen LogP contribution in [0.3, 0.4) is 0 Å². The molecule has 0 radical (unpaired) electrons. The lowest BCUT2D eigenvalue weighted by Gasteiger charge is -2.40. The quantitative estimate of drug-likeness (QED) is 0.703. The topological polar surface area (TPSA) is 35.5 Å². The Morgan fingerprint density at radius 3 is 2.71 bits per heavy atom. The first kappa shape index (κ1) is 12.0. The third kappa shape index (κ3) is 2.94. The fourth-order valence-electron chi connectivity index (χ4n) is 1.71. The maximum absolute atomic E-state index is 10.2. The van der Waals surface area contributed by atoms with Gasteiger partial charge in [0.1, 0.15) is 0 Å². The van der Waals surface area contributed by atoms with Gasteiger partial charge in [0.25, 0.3) is 0 Å². The minimum atomic E-state index is -0.564. The highest BCUT2D eigenvalue weighted by Crippen LogP contribution is 2.19. The molecule has 0 bridgehead atoms. The van der Waals surface area contributed by atoms with Crippen molar-refractivity contribution in [2.75, 3.05) is 26.2 Å². The maximum atomic E-state index is 10.2. The fraction of sp³-hybridized carbons (Fsp3) is 1.00. The summed E-state index contributed by atoms with van der Waals surface area (Å²) in [7, 11) is 0. The van der Waals surface area contributed by atoms with Gasteiger partial charge in [-0.1, -0.05) is 13.8 Å². The first-order valence-corrected chi connectivity index (χ1v) is 5.60. The van der Waals surface area contributed by atoms with Crippen molar-refractivity contribution in [2.24, 2.45) is 5.92 Å². The third-order valence-corrected chi connectivity index (χ3v) is 3.41. The minimum Gasteiger partial charge on any atom is -0.389 e. The molecule has 1 heterocycles. The van der Waals surface area contributed by atoms with E-state index in [2.05, 4.69) is 31.0 Å². The first-order valence-electron chi connectivity index (χ1n) is 5.60. The van der Waals surface area contributed by atoms with E-state index in [1.54, 1.807) is 0 Å². The molecule has 3 heteroatoms. The highest BCUT2D eigenvalue weighted by Gasteiger charge is 2.30. The molecule has 1 aliphatic rings. The van der Waals surface area contributed by atoms with Crippen LogP contribution in [0.2, 0.25) is 0 Å². The van der Waals surface area contributed by atoms with Crippen molar-refractivity contribution in [3.8, 4) is 0 Å². The SMILES string of the molecule is CC1CNCCN1CC(C)(O)C(C)C. The van der Waals surface area contributed by atoms with E-state index >= 15 is 0 Å². The van der Waals surface area contributed by atoms with Gasteiger partial charge in [0.15, 0.2) is 0 Å². The van der Waals surface area contributed by atoms with Gasteiger partial charge in [-0.15, -0.1) is 0 Å². The smallest absolute Gasteiger partial charge is 0.0768 e. The predicted molar refractivity (Wildman–Crippen MR) is 59.4 cm³/mol. The van der Waals surface area contributed by atoms with E-state index in [1.165, 1.54) is 0 Å². The Labute approximate surface area is 87.5 Å². The molecule has 0 aromatic heterocycles. The number of nitrogens with one attached hydrogen (secondary N) is 1. The largest absolute Gasteiger partial charge is 0.389 e. The molecule has 14 heavy (non-hydrogen) atoms. The van der Waals surface area contributed by atoms with Crippen LogP contribution in [0.5, 0.6) is 0 Å². The summed E-state index contributed by atoms with van der Waals surface area (Å²) in [6.45, 7) is 12.2. The van der Waals surface area contributed by atoms with Gasteiger partial charge in [-0.2, -0.15) is 0 Å². The van der Waals surface area contributed by atoms with E-state index < -0.39 is 5.60 Å². The number of hydrogen-bond acceptors (Lipinski definition) is 3. The summed E-state index contributed by atoms with van der Waals surface area (Å²) in [5.41, 5.74) is -0.564. The van der Waals surface area contributed by atoms with Crippen molar-refractivity contribution in [1.82, 2.24) is 10.2 Å².